The quantitative estimate of drug-likeness (QED) is 0.466. The maximum absolute atomic E-state index is 5.94. The van der Waals surface area contributed by atoms with E-state index in [1.165, 1.54) is 0 Å². The van der Waals surface area contributed by atoms with Crippen LogP contribution in [0.5, 0.6) is 11.5 Å². The summed E-state index contributed by atoms with van der Waals surface area (Å²) < 4.78 is 5.21. The average Bonchev–Trinajstić information content (AvgIpc) is 3.04. The number of hydrogen-bond donors (Lipinski definition) is 2. The topological polar surface area (TPSA) is 64.6 Å². The molecule has 0 aliphatic carbocycles. The highest BCUT2D eigenvalue weighted by Gasteiger charge is 2.27. The van der Waals surface area contributed by atoms with Gasteiger partial charge in [-0.3, -0.25) is 0 Å². The lowest BCUT2D eigenvalue weighted by Crippen LogP contribution is -1.94. The summed E-state index contributed by atoms with van der Waals surface area (Å²) in [6.45, 7) is 0. The Bertz CT molecular complexity index is 535. The number of hydrogen-bond acceptors (Lipinski definition) is 3. The Morgan fingerprint density at radius 1 is 0.933 bits per heavy atom. The van der Waals surface area contributed by atoms with Gasteiger partial charge in [-0.2, -0.15) is 0 Å². The van der Waals surface area contributed by atoms with Gasteiger partial charge < -0.3 is 16.2 Å². The predicted molar refractivity (Wildman–Crippen MR) is 60.8 cm³/mol. The molecule has 0 bridgehead atoms. The summed E-state index contributed by atoms with van der Waals surface area (Å²) in [5.41, 5.74) is 14.9. The van der Waals surface area contributed by atoms with Crippen molar-refractivity contribution in [3.8, 4) is 22.6 Å². The average molecular weight is 198 g/mol. The van der Waals surface area contributed by atoms with Crippen molar-refractivity contribution in [2.24, 2.45) is 0 Å². The lowest BCUT2D eigenvalue weighted by atomic mass is 10.0. The van der Waals surface area contributed by atoms with Gasteiger partial charge in [0.15, 0.2) is 11.5 Å². The summed E-state index contributed by atoms with van der Waals surface area (Å²) in [6.07, 6.45) is 0. The molecular weight excluding hydrogens is 188 g/mol. The molecule has 2 aromatic carbocycles. The minimum Gasteiger partial charge on any atom is -0.447 e. The third-order valence-electron chi connectivity index (χ3n) is 2.58. The molecule has 4 N–H and O–H groups in total. The highest BCUT2D eigenvalue weighted by Crippen LogP contribution is 2.55. The Kier molecular flexibility index (Phi) is 1.45. The van der Waals surface area contributed by atoms with Crippen LogP contribution in [0, 0.1) is 0 Å². The fraction of sp³-hybridized carbons (Fsp3) is 0. The molecule has 0 atom stereocenters. The van der Waals surface area contributed by atoms with Gasteiger partial charge in [0, 0.05) is 5.56 Å². The molecule has 1 aliphatic rings. The van der Waals surface area contributed by atoms with E-state index < -0.39 is 0 Å². The molecule has 1 heterocycles. The highest BCUT2D eigenvalue weighted by molar-refractivity contribution is 5.93. The molecule has 0 saturated carbocycles. The SMILES string of the molecule is Nc1c(-c2ccccc2)cc2c(c1N)O2. The van der Waals surface area contributed by atoms with Crippen LogP contribution in [-0.2, 0) is 0 Å². The number of anilines is 2. The number of nitrogen functional groups attached to an aromatic ring is 2. The van der Waals surface area contributed by atoms with Gasteiger partial charge in [0.25, 0.3) is 0 Å². The van der Waals surface area contributed by atoms with E-state index in [0.29, 0.717) is 11.4 Å². The molecule has 0 amide bonds. The molecule has 2 aromatic rings. The van der Waals surface area contributed by atoms with Crippen molar-refractivity contribution < 1.29 is 4.74 Å². The number of ether oxygens (including phenoxy) is 1. The van der Waals surface area contributed by atoms with Gasteiger partial charge >= 0.3 is 0 Å². The van der Waals surface area contributed by atoms with Crippen LogP contribution < -0.4 is 16.2 Å². The Morgan fingerprint density at radius 3 is 2.40 bits per heavy atom. The predicted octanol–water partition coefficient (Wildman–Crippen LogP) is 2.62. The third-order valence-corrected chi connectivity index (χ3v) is 2.58. The van der Waals surface area contributed by atoms with Crippen LogP contribution in [-0.4, -0.2) is 0 Å². The van der Waals surface area contributed by atoms with Crippen LogP contribution in [0.2, 0.25) is 0 Å². The second-order valence-electron chi connectivity index (χ2n) is 3.55. The van der Waals surface area contributed by atoms with E-state index >= 15 is 0 Å². The number of rotatable bonds is 1. The molecule has 74 valence electrons. The molecule has 3 nitrogen and oxygen atoms in total. The van der Waals surface area contributed by atoms with E-state index in [4.69, 9.17) is 16.2 Å². The fourth-order valence-electron chi connectivity index (χ4n) is 1.70. The first kappa shape index (κ1) is 8.17. The molecular formula is C12H10N2O. The van der Waals surface area contributed by atoms with Crippen molar-refractivity contribution in [2.75, 3.05) is 11.5 Å². The van der Waals surface area contributed by atoms with Crippen molar-refractivity contribution in [1.29, 1.82) is 0 Å². The molecule has 15 heavy (non-hydrogen) atoms. The lowest BCUT2D eigenvalue weighted by Gasteiger charge is -2.05. The lowest BCUT2D eigenvalue weighted by molar-refractivity contribution is 0.651. The van der Waals surface area contributed by atoms with Crippen molar-refractivity contribution in [3.05, 3.63) is 36.4 Å². The van der Waals surface area contributed by atoms with Gasteiger partial charge in [-0.25, -0.2) is 0 Å². The van der Waals surface area contributed by atoms with E-state index in [9.17, 15) is 0 Å². The maximum Gasteiger partial charge on any atom is 0.195 e. The molecule has 0 radical (unpaired) electrons. The highest BCUT2D eigenvalue weighted by atomic mass is 16.6. The second-order valence-corrected chi connectivity index (χ2v) is 3.55. The van der Waals surface area contributed by atoms with E-state index in [0.717, 1.165) is 22.6 Å². The zero-order valence-corrected chi connectivity index (χ0v) is 8.03. The Morgan fingerprint density at radius 2 is 1.67 bits per heavy atom. The number of benzene rings is 2. The zero-order valence-electron chi connectivity index (χ0n) is 8.03. The van der Waals surface area contributed by atoms with Gasteiger partial charge in [-0.15, -0.1) is 0 Å². The smallest absolute Gasteiger partial charge is 0.195 e. The molecule has 0 fully saturated rings. The summed E-state index contributed by atoms with van der Waals surface area (Å²) >= 11 is 0. The summed E-state index contributed by atoms with van der Waals surface area (Å²) in [6, 6.07) is 11.8. The third kappa shape index (κ3) is 1.13. The maximum atomic E-state index is 5.94. The largest absolute Gasteiger partial charge is 0.447 e. The van der Waals surface area contributed by atoms with Crippen LogP contribution in [0.4, 0.5) is 11.4 Å². The van der Waals surface area contributed by atoms with Crippen LogP contribution in [0.1, 0.15) is 0 Å². The van der Waals surface area contributed by atoms with Crippen LogP contribution in [0.25, 0.3) is 11.1 Å². The molecule has 0 saturated heterocycles. The van der Waals surface area contributed by atoms with Gasteiger partial charge in [0.1, 0.15) is 5.69 Å². The van der Waals surface area contributed by atoms with Crippen molar-refractivity contribution in [1.82, 2.24) is 0 Å². The van der Waals surface area contributed by atoms with Crippen molar-refractivity contribution >= 4 is 11.4 Å². The van der Waals surface area contributed by atoms with Gasteiger partial charge in [-0.1, -0.05) is 30.3 Å². The van der Waals surface area contributed by atoms with E-state index in [2.05, 4.69) is 0 Å². The summed E-state index contributed by atoms with van der Waals surface area (Å²) in [4.78, 5) is 0. The van der Waals surface area contributed by atoms with Crippen LogP contribution >= 0.6 is 0 Å². The summed E-state index contributed by atoms with van der Waals surface area (Å²) in [5, 5.41) is 0. The van der Waals surface area contributed by atoms with Crippen LogP contribution in [0.15, 0.2) is 36.4 Å². The summed E-state index contributed by atoms with van der Waals surface area (Å²) in [5.74, 6) is 1.56. The fourth-order valence-corrected chi connectivity index (χ4v) is 1.70. The number of nitrogens with two attached hydrogens (primary N) is 2. The minimum atomic E-state index is 0.548. The van der Waals surface area contributed by atoms with Crippen molar-refractivity contribution in [3.63, 3.8) is 0 Å². The Balaban J connectivity index is 2.23. The molecule has 3 heteroatoms. The molecule has 3 rings (SSSR count). The number of fused-ring (bicyclic) bond motifs is 1. The normalized spacial score (nSPS) is 11.7. The van der Waals surface area contributed by atoms with Gasteiger partial charge in [0.2, 0.25) is 0 Å². The van der Waals surface area contributed by atoms with E-state index in [-0.39, 0.29) is 0 Å². The summed E-state index contributed by atoms with van der Waals surface area (Å²) in [7, 11) is 0. The minimum absolute atomic E-state index is 0.548. The van der Waals surface area contributed by atoms with Gasteiger partial charge in [0.05, 0.1) is 5.69 Å². The Labute approximate surface area is 87.3 Å². The van der Waals surface area contributed by atoms with Gasteiger partial charge in [-0.05, 0) is 11.6 Å². The Hall–Kier alpha value is -2.16. The van der Waals surface area contributed by atoms with E-state index in [1.54, 1.807) is 0 Å². The second kappa shape index (κ2) is 2.67. The molecule has 0 spiro atoms. The molecule has 0 aromatic heterocycles. The van der Waals surface area contributed by atoms with Crippen LogP contribution in [0.3, 0.4) is 0 Å². The van der Waals surface area contributed by atoms with Crippen molar-refractivity contribution in [2.45, 2.75) is 0 Å². The standard InChI is InChI=1S/C12H10N2O/c13-10-8(7-4-2-1-3-5-7)6-9-12(15-9)11(10)14/h1-6H,13-14H2. The first-order chi connectivity index (χ1) is 7.27. The molecule has 1 aliphatic heterocycles. The first-order valence-electron chi connectivity index (χ1n) is 4.72. The monoisotopic (exact) mass is 198 g/mol. The zero-order chi connectivity index (χ0) is 10.4. The molecule has 0 unspecified atom stereocenters. The first-order valence-corrected chi connectivity index (χ1v) is 4.72. The van der Waals surface area contributed by atoms with E-state index in [1.807, 2.05) is 36.4 Å².